The summed E-state index contributed by atoms with van der Waals surface area (Å²) in [6, 6.07) is 0. The molecule has 0 aromatic rings. The first kappa shape index (κ1) is 17.3. The first-order valence-corrected chi connectivity index (χ1v) is 0.408. The summed E-state index contributed by atoms with van der Waals surface area (Å²) in [7, 11) is 0. The molecule has 0 fully saturated rings. The van der Waals surface area contributed by atoms with Crippen molar-refractivity contribution in [2.24, 2.45) is 0 Å². The van der Waals surface area contributed by atoms with Gasteiger partial charge in [0, 0.05) is 0 Å². The van der Waals surface area contributed by atoms with Gasteiger partial charge in [0.15, 0.2) is 0 Å². The Balaban J connectivity index is -0.0000000200. The Labute approximate surface area is 59.3 Å². The summed E-state index contributed by atoms with van der Waals surface area (Å²) < 4.78 is 0. The van der Waals surface area contributed by atoms with Crippen LogP contribution in [0.1, 0.15) is 0 Å². The molecule has 0 aromatic heterocycles. The van der Waals surface area contributed by atoms with Crippen LogP contribution in [0, 0.1) is 0 Å². The summed E-state index contributed by atoms with van der Waals surface area (Å²) in [6.07, 6.45) is 0. The van der Waals surface area contributed by atoms with Gasteiger partial charge < -0.3 is 15.4 Å². The van der Waals surface area contributed by atoms with Gasteiger partial charge in [0.1, 0.15) is 0 Å². The normalized spacial score (nSPS) is 2.40. The van der Waals surface area contributed by atoms with Crippen LogP contribution in [0.25, 0.3) is 0 Å². The number of hydrogen-bond donors (Lipinski definition) is 0. The quantitative estimate of drug-likeness (QED) is 0.284. The molecule has 0 aliphatic rings. The molecule has 0 aliphatic heterocycles. The van der Waals surface area contributed by atoms with Gasteiger partial charge in [-0.15, -0.1) is 0 Å². The molecule has 24 valence electrons. The fraction of sp³-hybridized carbons (Fsp3) is 0. The van der Waals surface area contributed by atoms with Crippen molar-refractivity contribution < 1.29 is 15.4 Å². The van der Waals surface area contributed by atoms with Crippen molar-refractivity contribution >= 4 is 44.2 Å². The van der Waals surface area contributed by atoms with Crippen LogP contribution in [-0.2, 0) is 15.4 Å². The van der Waals surface area contributed by atoms with E-state index in [9.17, 15) is 0 Å². The molecule has 0 bridgehead atoms. The fourth-order valence-electron chi connectivity index (χ4n) is 0. The van der Waals surface area contributed by atoms with Crippen LogP contribution >= 0.6 is 0 Å². The average Bonchev–Trinajstić information content (AvgIpc) is 0.918. The van der Waals surface area contributed by atoms with Crippen LogP contribution in [0.4, 0.5) is 0 Å². The van der Waals surface area contributed by atoms with Gasteiger partial charge >= 0.3 is 37.7 Å². The Morgan fingerprint density at radius 2 is 1.40 bits per heavy atom. The summed E-state index contributed by atoms with van der Waals surface area (Å²) in [5.74, 6) is 0. The summed E-state index contributed by atoms with van der Waals surface area (Å²) >= 11 is 0. The van der Waals surface area contributed by atoms with Gasteiger partial charge in [-0.3, -0.25) is 0 Å². The van der Waals surface area contributed by atoms with E-state index in [-0.39, 0.29) is 49.7 Å². The molecule has 0 amide bonds. The molecule has 4 heteroatoms. The van der Waals surface area contributed by atoms with E-state index in [1.807, 2.05) is 0 Å². The third-order valence-electron chi connectivity index (χ3n) is 0. The molecule has 0 aromatic carbocycles. The molecule has 5 heavy (non-hydrogen) atoms. The molecule has 0 spiro atoms. The van der Waals surface area contributed by atoms with E-state index < -0.39 is 0 Å². The van der Waals surface area contributed by atoms with E-state index in [2.05, 4.69) is 0 Å². The van der Waals surface area contributed by atoms with Crippen molar-refractivity contribution in [3.63, 3.8) is 0 Å². The molecular weight excluding hydrogens is 100 g/mol. The molecular formula is CCaO3. The molecule has 0 saturated carbocycles. The molecule has 0 atom stereocenters. The van der Waals surface area contributed by atoms with Gasteiger partial charge in [0.25, 0.3) is 0 Å². The summed E-state index contributed by atoms with van der Waals surface area (Å²) in [5, 5.41) is 8.12. The predicted molar refractivity (Wildman–Crippen MR) is 12.8 cm³/mol. The first-order chi connectivity index (χ1) is 1.41. The third kappa shape index (κ3) is 71.3. The summed E-state index contributed by atoms with van der Waals surface area (Å²) in [5.41, 5.74) is 0. The Morgan fingerprint density at radius 1 is 1.40 bits per heavy atom. The topological polar surface area (TPSA) is 65.5 Å². The molecule has 0 rings (SSSR count). The van der Waals surface area contributed by atoms with Gasteiger partial charge in [-0.2, -0.15) is 0 Å². The Kier molecular flexibility index (Phi) is 77.4. The second-order valence-electron chi connectivity index (χ2n) is 0.0833. The Morgan fingerprint density at radius 3 is 1.40 bits per heavy atom. The second kappa shape index (κ2) is 22.4. The van der Waals surface area contributed by atoms with Crippen molar-refractivity contribution in [2.45, 2.75) is 0 Å². The van der Waals surface area contributed by atoms with Gasteiger partial charge in [0.2, 0.25) is 0 Å². The maximum atomic E-state index is 8.12. The van der Waals surface area contributed by atoms with E-state index in [1.54, 1.807) is 0 Å². The summed E-state index contributed by atoms with van der Waals surface area (Å²) in [4.78, 5) is 8.12. The van der Waals surface area contributed by atoms with E-state index in [4.69, 9.17) is 9.90 Å². The molecule has 0 unspecified atom stereocenters. The third-order valence-corrected chi connectivity index (χ3v) is 0. The molecule has 0 N–H and O–H groups in total. The van der Waals surface area contributed by atoms with Gasteiger partial charge in [0.05, 0.1) is 0 Å². The number of rotatable bonds is 0. The van der Waals surface area contributed by atoms with Crippen LogP contribution in [0.5, 0.6) is 0 Å². The van der Waals surface area contributed by atoms with Crippen LogP contribution in [0.3, 0.4) is 0 Å². The summed E-state index contributed by atoms with van der Waals surface area (Å²) in [6.45, 7) is 0.250. The van der Waals surface area contributed by atoms with Crippen LogP contribution in [0.2, 0.25) is 0 Å². The van der Waals surface area contributed by atoms with Crippen molar-refractivity contribution in [1.29, 1.82) is 0 Å². The van der Waals surface area contributed by atoms with Crippen LogP contribution in [-0.4, -0.2) is 44.2 Å². The molecule has 2 radical (unpaired) electrons. The standard InChI is InChI=1S/CO2.Ca.O/c2-1-3;;/q-1;+2;-1. The Hall–Kier alpha value is 0.690. The van der Waals surface area contributed by atoms with Crippen molar-refractivity contribution in [1.82, 2.24) is 0 Å². The van der Waals surface area contributed by atoms with Crippen LogP contribution in [0.15, 0.2) is 0 Å². The molecule has 0 heterocycles. The van der Waals surface area contributed by atoms with Crippen molar-refractivity contribution in [3.8, 4) is 0 Å². The minimum atomic E-state index is 0. The van der Waals surface area contributed by atoms with E-state index in [0.29, 0.717) is 0 Å². The van der Waals surface area contributed by atoms with Gasteiger partial charge in [-0.1, -0.05) is 0 Å². The SMILES string of the molecule is [Ca+2].[O-].[O][C-]=O. The van der Waals surface area contributed by atoms with Gasteiger partial charge in [-0.25, -0.2) is 0 Å². The first-order valence-electron chi connectivity index (χ1n) is 0.408. The van der Waals surface area contributed by atoms with E-state index in [1.165, 1.54) is 0 Å². The molecule has 0 saturated heterocycles. The minimum absolute atomic E-state index is 0. The fourth-order valence-corrected chi connectivity index (χ4v) is 0. The number of hydrogen-bond acceptors (Lipinski definition) is 2. The Bertz CT molecular complexity index is 14.4. The zero-order chi connectivity index (χ0) is 2.71. The second-order valence-corrected chi connectivity index (χ2v) is 0.0833. The van der Waals surface area contributed by atoms with Gasteiger partial charge in [-0.05, 0) is 6.47 Å². The largest absolute Gasteiger partial charge is 2.00 e. The van der Waals surface area contributed by atoms with Crippen molar-refractivity contribution in [3.05, 3.63) is 0 Å². The predicted octanol–water partition coefficient (Wildman–Crippen LogP) is -1.02. The van der Waals surface area contributed by atoms with Crippen molar-refractivity contribution in [2.75, 3.05) is 0 Å². The monoisotopic (exact) mass is 99.9 g/mol. The number of carbonyl (C=O) groups excluding carboxylic acids is 1. The van der Waals surface area contributed by atoms with Crippen LogP contribution < -0.4 is 0 Å². The van der Waals surface area contributed by atoms with E-state index in [0.717, 1.165) is 0 Å². The zero-order valence-corrected chi connectivity index (χ0v) is 4.64. The maximum Gasteiger partial charge on any atom is 2.00 e. The maximum absolute atomic E-state index is 8.12. The minimum Gasteiger partial charge on any atom is -1.00 e. The average molecular weight is 100 g/mol. The molecule has 0 aliphatic carbocycles. The molecule has 3 nitrogen and oxygen atoms in total. The van der Waals surface area contributed by atoms with E-state index >= 15 is 0 Å². The zero-order valence-electron chi connectivity index (χ0n) is 2.43. The smallest absolute Gasteiger partial charge is 1.00 e.